The highest BCUT2D eigenvalue weighted by Crippen LogP contribution is 2.29. The molecule has 3 N–H and O–H groups in total. The second-order valence-corrected chi connectivity index (χ2v) is 8.32. The molecule has 0 aliphatic carbocycles. The number of hydrogen-bond donors (Lipinski definition) is 2. The molecule has 0 heterocycles. The van der Waals surface area contributed by atoms with E-state index < -0.39 is 12.0 Å². The molecule has 0 radical (unpaired) electrons. The van der Waals surface area contributed by atoms with Crippen LogP contribution in [0.3, 0.4) is 0 Å². The molecule has 168 valence electrons. The Hall–Kier alpha value is -2.06. The highest BCUT2D eigenvalue weighted by Gasteiger charge is 2.15. The zero-order valence-electron chi connectivity index (χ0n) is 18.4. The summed E-state index contributed by atoms with van der Waals surface area (Å²) in [6.45, 7) is 6.30. The van der Waals surface area contributed by atoms with Crippen LogP contribution in [0.2, 0.25) is 0 Å². The van der Waals surface area contributed by atoms with Crippen LogP contribution in [0.4, 0.5) is 5.69 Å². The highest BCUT2D eigenvalue weighted by molar-refractivity contribution is 7.99. The van der Waals surface area contributed by atoms with Crippen molar-refractivity contribution in [1.82, 2.24) is 0 Å². The van der Waals surface area contributed by atoms with E-state index in [9.17, 15) is 14.4 Å². The van der Waals surface area contributed by atoms with Crippen LogP contribution in [0.15, 0.2) is 23.1 Å². The lowest BCUT2D eigenvalue weighted by Gasteiger charge is -2.15. The van der Waals surface area contributed by atoms with E-state index in [0.29, 0.717) is 34.4 Å². The molecule has 1 amide bonds. The first-order valence-corrected chi connectivity index (χ1v) is 11.4. The predicted molar refractivity (Wildman–Crippen MR) is 120 cm³/mol. The van der Waals surface area contributed by atoms with Crippen molar-refractivity contribution in [2.75, 3.05) is 24.8 Å². The summed E-state index contributed by atoms with van der Waals surface area (Å²) in [5, 5.41) is 2.75. The topological polar surface area (TPSA) is 108 Å². The molecule has 1 aromatic carbocycles. The number of carbonyl (C=O) groups excluding carboxylic acids is 3. The largest absolute Gasteiger partial charge is 0.465 e. The number of rotatable bonds is 13. The van der Waals surface area contributed by atoms with E-state index in [1.807, 2.05) is 0 Å². The van der Waals surface area contributed by atoms with Crippen molar-refractivity contribution in [1.29, 1.82) is 0 Å². The minimum Gasteiger partial charge on any atom is -0.465 e. The third-order valence-corrected chi connectivity index (χ3v) is 5.72. The quantitative estimate of drug-likeness (QED) is 0.354. The Balaban J connectivity index is 2.69. The highest BCUT2D eigenvalue weighted by atomic mass is 32.2. The monoisotopic (exact) mass is 438 g/mol. The molecular formula is C22H34N2O5S. The van der Waals surface area contributed by atoms with E-state index in [1.54, 1.807) is 25.1 Å². The molecule has 0 saturated heterocycles. The minimum atomic E-state index is -0.669. The summed E-state index contributed by atoms with van der Waals surface area (Å²) in [6, 6.07) is 4.17. The first-order chi connectivity index (χ1) is 14.3. The van der Waals surface area contributed by atoms with Crippen molar-refractivity contribution in [3.8, 4) is 0 Å². The van der Waals surface area contributed by atoms with Gasteiger partial charge >= 0.3 is 11.9 Å². The molecule has 30 heavy (non-hydrogen) atoms. The van der Waals surface area contributed by atoms with Gasteiger partial charge in [0.15, 0.2) is 0 Å². The summed E-state index contributed by atoms with van der Waals surface area (Å²) in [5.74, 6) is -0.198. The Bertz CT molecular complexity index is 709. The first kappa shape index (κ1) is 26.0. The van der Waals surface area contributed by atoms with Gasteiger partial charge in [0.1, 0.15) is 0 Å². The molecule has 0 spiro atoms. The van der Waals surface area contributed by atoms with Crippen LogP contribution < -0.4 is 11.1 Å². The van der Waals surface area contributed by atoms with Gasteiger partial charge in [-0.2, -0.15) is 0 Å². The molecule has 0 aromatic heterocycles. The fraction of sp³-hybridized carbons (Fsp3) is 0.591. The molecule has 0 aliphatic rings. The molecule has 2 atom stereocenters. The Labute approximate surface area is 183 Å². The molecule has 8 heteroatoms. The predicted octanol–water partition coefficient (Wildman–Crippen LogP) is 4.00. The van der Waals surface area contributed by atoms with E-state index in [0.717, 1.165) is 25.7 Å². The lowest BCUT2D eigenvalue weighted by Crippen LogP contribution is -2.32. The maximum absolute atomic E-state index is 12.1. The number of anilines is 1. The Morgan fingerprint density at radius 1 is 1.23 bits per heavy atom. The normalized spacial score (nSPS) is 12.7. The average Bonchev–Trinajstić information content (AvgIpc) is 2.74. The minimum absolute atomic E-state index is 0.234. The number of carbonyl (C=O) groups is 3. The molecule has 2 unspecified atom stereocenters. The fourth-order valence-electron chi connectivity index (χ4n) is 2.66. The van der Waals surface area contributed by atoms with Crippen molar-refractivity contribution in [2.24, 2.45) is 11.7 Å². The van der Waals surface area contributed by atoms with E-state index in [1.165, 1.54) is 18.9 Å². The van der Waals surface area contributed by atoms with Crippen LogP contribution in [0.1, 0.15) is 63.2 Å². The van der Waals surface area contributed by atoms with Crippen LogP contribution in [-0.4, -0.2) is 43.4 Å². The molecule has 0 fully saturated rings. The van der Waals surface area contributed by atoms with E-state index >= 15 is 0 Å². The van der Waals surface area contributed by atoms with Crippen LogP contribution in [0.5, 0.6) is 0 Å². The number of esters is 2. The fourth-order valence-corrected chi connectivity index (χ4v) is 3.64. The Morgan fingerprint density at radius 2 is 1.97 bits per heavy atom. The average molecular weight is 439 g/mol. The van der Waals surface area contributed by atoms with Crippen LogP contribution in [-0.2, 0) is 19.1 Å². The van der Waals surface area contributed by atoms with Gasteiger partial charge in [-0.25, -0.2) is 4.79 Å². The molecule has 1 rings (SSSR count). The molecular weight excluding hydrogens is 404 g/mol. The summed E-state index contributed by atoms with van der Waals surface area (Å²) in [4.78, 5) is 36.6. The van der Waals surface area contributed by atoms with Crippen molar-refractivity contribution in [3.05, 3.63) is 23.8 Å². The number of amides is 1. The van der Waals surface area contributed by atoms with Crippen molar-refractivity contribution in [2.45, 2.75) is 63.8 Å². The van der Waals surface area contributed by atoms with Gasteiger partial charge in [0.2, 0.25) is 5.91 Å². The third kappa shape index (κ3) is 9.17. The number of thioether (sulfide) groups is 1. The lowest BCUT2D eigenvalue weighted by molar-refractivity contribution is -0.144. The molecule has 1 aromatic rings. The lowest BCUT2D eigenvalue weighted by atomic mass is 10.0. The molecule has 0 aliphatic heterocycles. The summed E-state index contributed by atoms with van der Waals surface area (Å²) >= 11 is 1.36. The van der Waals surface area contributed by atoms with Crippen molar-refractivity contribution in [3.63, 3.8) is 0 Å². The Kier molecular flexibility index (Phi) is 12.2. The van der Waals surface area contributed by atoms with Gasteiger partial charge in [0.05, 0.1) is 37.4 Å². The third-order valence-electron chi connectivity index (χ3n) is 4.66. The number of hydrogen-bond acceptors (Lipinski definition) is 7. The van der Waals surface area contributed by atoms with Crippen molar-refractivity contribution < 1.29 is 23.9 Å². The van der Waals surface area contributed by atoms with E-state index in [-0.39, 0.29) is 18.3 Å². The Morgan fingerprint density at radius 3 is 2.57 bits per heavy atom. The number of unbranched alkanes of at least 4 members (excludes halogenated alkanes) is 1. The summed E-state index contributed by atoms with van der Waals surface area (Å²) < 4.78 is 10.2. The number of nitrogens with two attached hydrogens (primary N) is 1. The van der Waals surface area contributed by atoms with E-state index in [4.69, 9.17) is 15.2 Å². The first-order valence-electron chi connectivity index (χ1n) is 10.4. The van der Waals surface area contributed by atoms with Crippen LogP contribution in [0, 0.1) is 5.92 Å². The SMILES string of the molecule is CCCCC(CC)COC(=O)CCSc1cc(C(=O)OC)ccc1NC(=O)C(C)N. The van der Waals surface area contributed by atoms with Gasteiger partial charge in [0.25, 0.3) is 0 Å². The van der Waals surface area contributed by atoms with Crippen molar-refractivity contribution >= 4 is 35.3 Å². The summed E-state index contributed by atoms with van der Waals surface area (Å²) in [6.07, 6.45) is 4.56. The summed E-state index contributed by atoms with van der Waals surface area (Å²) in [7, 11) is 1.31. The zero-order valence-corrected chi connectivity index (χ0v) is 19.2. The zero-order chi connectivity index (χ0) is 22.5. The van der Waals surface area contributed by atoms with E-state index in [2.05, 4.69) is 19.2 Å². The van der Waals surface area contributed by atoms with Gasteiger partial charge in [-0.05, 0) is 37.5 Å². The number of nitrogens with one attached hydrogen (secondary N) is 1. The van der Waals surface area contributed by atoms with Crippen LogP contribution in [0.25, 0.3) is 0 Å². The smallest absolute Gasteiger partial charge is 0.337 e. The van der Waals surface area contributed by atoms with Gasteiger partial charge in [0, 0.05) is 10.6 Å². The second kappa shape index (κ2) is 14.0. The standard InChI is InChI=1S/C22H34N2O5S/c1-5-7-8-16(6-2)14-29-20(25)11-12-30-19-13-17(22(27)28-4)9-10-18(19)24-21(26)15(3)23/h9-10,13,15-16H,5-8,11-12,14,23H2,1-4H3,(H,24,26). The maximum Gasteiger partial charge on any atom is 0.337 e. The molecule has 7 nitrogen and oxygen atoms in total. The molecule has 0 bridgehead atoms. The number of ether oxygens (including phenoxy) is 2. The number of methoxy groups -OCH3 is 1. The van der Waals surface area contributed by atoms with Gasteiger partial charge in [-0.3, -0.25) is 9.59 Å². The summed E-state index contributed by atoms with van der Waals surface area (Å²) in [5.41, 5.74) is 6.52. The van der Waals surface area contributed by atoms with Crippen LogP contribution >= 0.6 is 11.8 Å². The number of benzene rings is 1. The second-order valence-electron chi connectivity index (χ2n) is 7.18. The van der Waals surface area contributed by atoms with Gasteiger partial charge in [-0.15, -0.1) is 11.8 Å². The van der Waals surface area contributed by atoms with Gasteiger partial charge in [-0.1, -0.05) is 33.1 Å². The maximum atomic E-state index is 12.1. The molecule has 0 saturated carbocycles. The van der Waals surface area contributed by atoms with Gasteiger partial charge < -0.3 is 20.5 Å².